The minimum absolute atomic E-state index is 0.451. The van der Waals surface area contributed by atoms with E-state index in [0.29, 0.717) is 43.3 Å². The lowest BCUT2D eigenvalue weighted by molar-refractivity contribution is -0.350. The third-order valence-electron chi connectivity index (χ3n) is 2.42. The minimum Gasteiger partial charge on any atom is -0.382 e. The highest BCUT2D eigenvalue weighted by atomic mass is 32.1. The zero-order valence-electron chi connectivity index (χ0n) is 11.6. The second kappa shape index (κ2) is 12.4. The van der Waals surface area contributed by atoms with Gasteiger partial charge < -0.3 is 23.4 Å². The third kappa shape index (κ3) is 8.47. The summed E-state index contributed by atoms with van der Waals surface area (Å²) in [6.45, 7) is 1.94. The molecule has 0 unspecified atom stereocenters. The molecule has 0 aliphatic heterocycles. The van der Waals surface area contributed by atoms with Gasteiger partial charge in [0.05, 0.1) is 26.4 Å². The topological polar surface area (TPSA) is 46.2 Å². The molecule has 0 spiro atoms. The molecule has 0 amide bonds. The Morgan fingerprint density at radius 3 is 1.89 bits per heavy atom. The fourth-order valence-corrected chi connectivity index (χ4v) is 2.08. The number of hydrogen-bond donors (Lipinski definition) is 1. The van der Waals surface area contributed by atoms with Gasteiger partial charge in [0.2, 0.25) is 0 Å². The summed E-state index contributed by atoms with van der Waals surface area (Å²) in [4.78, 5) is 0. The fourth-order valence-electron chi connectivity index (χ4n) is 1.42. The van der Waals surface area contributed by atoms with Crippen molar-refractivity contribution in [3.63, 3.8) is 0 Å². The van der Waals surface area contributed by atoms with E-state index in [1.807, 2.05) is 0 Å². The molecule has 0 aromatic carbocycles. The van der Waals surface area contributed by atoms with E-state index in [2.05, 4.69) is 12.6 Å². The lowest BCUT2D eigenvalue weighted by Gasteiger charge is -2.32. The highest BCUT2D eigenvalue weighted by Gasteiger charge is 2.30. The second-order valence-corrected chi connectivity index (χ2v) is 4.61. The average molecular weight is 298 g/mol. The maximum absolute atomic E-state index is 5.70. The molecule has 0 aliphatic carbocycles. The first-order valence-electron chi connectivity index (χ1n) is 6.16. The van der Waals surface area contributed by atoms with Crippen LogP contribution in [0.2, 0.25) is 0 Å². The van der Waals surface area contributed by atoms with Crippen LogP contribution in [0.1, 0.15) is 19.3 Å². The zero-order chi connectivity index (χ0) is 13.7. The van der Waals surface area contributed by atoms with Crippen molar-refractivity contribution in [1.82, 2.24) is 0 Å². The number of thiol groups is 1. The molecule has 0 saturated carbocycles. The summed E-state index contributed by atoms with van der Waals surface area (Å²) < 4.78 is 26.9. The predicted octanol–water partition coefficient (Wildman–Crippen LogP) is 0.363. The Balaban J connectivity index is 4.20. The maximum Gasteiger partial charge on any atom is 0.272 e. The highest BCUT2D eigenvalue weighted by Crippen LogP contribution is 2.22. The van der Waals surface area contributed by atoms with Gasteiger partial charge in [-0.15, -0.1) is 0 Å². The van der Waals surface area contributed by atoms with Crippen LogP contribution in [0.15, 0.2) is 0 Å². The lowest BCUT2D eigenvalue weighted by atomic mass is 10.2. The Kier molecular flexibility index (Phi) is 12.7. The molecule has 0 heterocycles. The number of methoxy groups -OCH3 is 2. The largest absolute Gasteiger partial charge is 0.382 e. The van der Waals surface area contributed by atoms with Crippen LogP contribution in [0.5, 0.6) is 0 Å². The van der Waals surface area contributed by atoms with Crippen LogP contribution >= 0.6 is 12.6 Å². The van der Waals surface area contributed by atoms with Gasteiger partial charge in [0.25, 0.3) is 5.97 Å². The standard InChI is InChI=1S/C11H26O5SSi/c1-12-6-8-14-11(16-18,5-3-4-10-17)15-9-7-13-2/h17H,3-10H2,1-2,18H3. The van der Waals surface area contributed by atoms with Crippen LogP contribution in [-0.4, -0.2) is 62.9 Å². The molecule has 0 aromatic heterocycles. The van der Waals surface area contributed by atoms with E-state index in [-0.39, 0.29) is 0 Å². The van der Waals surface area contributed by atoms with E-state index in [0.717, 1.165) is 18.6 Å². The molecule has 0 radical (unpaired) electrons. The predicted molar refractivity (Wildman–Crippen MR) is 77.1 cm³/mol. The molecule has 0 aromatic rings. The van der Waals surface area contributed by atoms with Gasteiger partial charge >= 0.3 is 0 Å². The average Bonchev–Trinajstić information content (AvgIpc) is 2.39. The van der Waals surface area contributed by atoms with Gasteiger partial charge in [0.1, 0.15) is 0 Å². The maximum atomic E-state index is 5.70. The van der Waals surface area contributed by atoms with Crippen LogP contribution in [0, 0.1) is 0 Å². The van der Waals surface area contributed by atoms with Crippen molar-refractivity contribution >= 4 is 23.1 Å². The summed E-state index contributed by atoms with van der Waals surface area (Å²) >= 11 is 4.20. The first-order valence-corrected chi connectivity index (χ1v) is 7.61. The molecule has 7 heteroatoms. The monoisotopic (exact) mass is 298 g/mol. The molecule has 0 saturated heterocycles. The molecule has 0 atom stereocenters. The molecular weight excluding hydrogens is 272 g/mol. The highest BCUT2D eigenvalue weighted by molar-refractivity contribution is 7.80. The smallest absolute Gasteiger partial charge is 0.272 e. The van der Waals surface area contributed by atoms with Gasteiger partial charge in [-0.3, -0.25) is 0 Å². The van der Waals surface area contributed by atoms with Crippen molar-refractivity contribution in [3.8, 4) is 0 Å². The summed E-state index contributed by atoms with van der Waals surface area (Å²) in [6, 6.07) is 0. The number of unbranched alkanes of at least 4 members (excludes halogenated alkanes) is 1. The van der Waals surface area contributed by atoms with E-state index in [1.165, 1.54) is 0 Å². The normalized spacial score (nSPS) is 12.2. The number of rotatable bonds is 13. The minimum atomic E-state index is -0.938. The Hall–Kier alpha value is 0.367. The summed E-state index contributed by atoms with van der Waals surface area (Å²) in [7, 11) is 3.83. The van der Waals surface area contributed by atoms with Crippen molar-refractivity contribution < 1.29 is 23.4 Å². The molecule has 110 valence electrons. The molecular formula is C11H26O5SSi. The molecule has 0 aliphatic rings. The Labute approximate surface area is 118 Å². The van der Waals surface area contributed by atoms with Gasteiger partial charge in [-0.1, -0.05) is 0 Å². The van der Waals surface area contributed by atoms with E-state index < -0.39 is 5.97 Å². The number of hydrogen-bond acceptors (Lipinski definition) is 6. The summed E-state index contributed by atoms with van der Waals surface area (Å²) in [5, 5.41) is 0. The van der Waals surface area contributed by atoms with E-state index in [4.69, 9.17) is 23.4 Å². The second-order valence-electron chi connectivity index (χ2n) is 3.75. The first kappa shape index (κ1) is 18.4. The molecule has 0 N–H and O–H groups in total. The Bertz CT molecular complexity index is 158. The fraction of sp³-hybridized carbons (Fsp3) is 1.00. The van der Waals surface area contributed by atoms with E-state index in [9.17, 15) is 0 Å². The van der Waals surface area contributed by atoms with Crippen molar-refractivity contribution in [1.29, 1.82) is 0 Å². The van der Waals surface area contributed by atoms with Crippen LogP contribution in [0.4, 0.5) is 0 Å². The van der Waals surface area contributed by atoms with Crippen molar-refractivity contribution in [2.75, 3.05) is 46.4 Å². The van der Waals surface area contributed by atoms with Gasteiger partial charge in [0.15, 0.2) is 10.5 Å². The molecule has 5 nitrogen and oxygen atoms in total. The van der Waals surface area contributed by atoms with Crippen LogP contribution in [0.25, 0.3) is 0 Å². The molecule has 0 fully saturated rings. The quantitative estimate of drug-likeness (QED) is 0.230. The number of ether oxygens (including phenoxy) is 4. The van der Waals surface area contributed by atoms with Crippen LogP contribution in [-0.2, 0) is 23.4 Å². The van der Waals surface area contributed by atoms with E-state index in [1.54, 1.807) is 14.2 Å². The SMILES string of the molecule is COCCOC(CCCCS)(O[SiH3])OCCOC. The first-order chi connectivity index (χ1) is 8.74. The van der Waals surface area contributed by atoms with Gasteiger partial charge in [0, 0.05) is 20.6 Å². The van der Waals surface area contributed by atoms with Crippen LogP contribution < -0.4 is 0 Å². The summed E-state index contributed by atoms with van der Waals surface area (Å²) in [6.07, 6.45) is 2.66. The van der Waals surface area contributed by atoms with E-state index >= 15 is 0 Å². The summed E-state index contributed by atoms with van der Waals surface area (Å²) in [5.41, 5.74) is 0. The van der Waals surface area contributed by atoms with Crippen LogP contribution in [0.3, 0.4) is 0 Å². The van der Waals surface area contributed by atoms with Gasteiger partial charge in [-0.05, 0) is 18.6 Å². The Morgan fingerprint density at radius 2 is 1.50 bits per heavy atom. The van der Waals surface area contributed by atoms with Crippen molar-refractivity contribution in [2.24, 2.45) is 0 Å². The van der Waals surface area contributed by atoms with Crippen molar-refractivity contribution in [3.05, 3.63) is 0 Å². The third-order valence-corrected chi connectivity index (χ3v) is 3.36. The van der Waals surface area contributed by atoms with Gasteiger partial charge in [-0.2, -0.15) is 12.6 Å². The molecule has 0 bridgehead atoms. The van der Waals surface area contributed by atoms with Gasteiger partial charge in [-0.25, -0.2) is 0 Å². The summed E-state index contributed by atoms with van der Waals surface area (Å²) in [5.74, 6) is -0.0837. The molecule has 0 rings (SSSR count). The zero-order valence-corrected chi connectivity index (χ0v) is 14.5. The lowest BCUT2D eigenvalue weighted by Crippen LogP contribution is -2.40. The van der Waals surface area contributed by atoms with Crippen molar-refractivity contribution in [2.45, 2.75) is 25.2 Å². The Morgan fingerprint density at radius 1 is 0.944 bits per heavy atom. The molecule has 18 heavy (non-hydrogen) atoms.